The number of halogens is 4. The van der Waals surface area contributed by atoms with E-state index in [-0.39, 0.29) is 16.9 Å². The summed E-state index contributed by atoms with van der Waals surface area (Å²) in [5.41, 5.74) is -6.25. The molecule has 0 radical (unpaired) electrons. The first-order valence-corrected chi connectivity index (χ1v) is 7.63. The van der Waals surface area contributed by atoms with Crippen LogP contribution < -0.4 is 8.92 Å². The number of aromatic hydroxyl groups is 1. The second-order valence-electron chi connectivity index (χ2n) is 4.51. The van der Waals surface area contributed by atoms with Gasteiger partial charge in [-0.15, -0.1) is 0 Å². The van der Waals surface area contributed by atoms with E-state index in [0.717, 1.165) is 24.3 Å². The van der Waals surface area contributed by atoms with E-state index in [1.54, 1.807) is 0 Å². The number of phenols is 1. The Hall–Kier alpha value is -2.49. The number of alkyl halides is 3. The van der Waals surface area contributed by atoms with Crippen LogP contribution in [0.3, 0.4) is 0 Å². The first-order chi connectivity index (χ1) is 11.0. The Kier molecular flexibility index (Phi) is 4.61. The average Bonchev–Trinajstić information content (AvgIpc) is 2.47. The summed E-state index contributed by atoms with van der Waals surface area (Å²) < 4.78 is 82.7. The number of methoxy groups -OCH3 is 1. The van der Waals surface area contributed by atoms with Gasteiger partial charge in [0.2, 0.25) is 0 Å². The topological polar surface area (TPSA) is 72.8 Å². The molecule has 130 valence electrons. The van der Waals surface area contributed by atoms with Gasteiger partial charge in [0.05, 0.1) is 7.11 Å². The zero-order valence-corrected chi connectivity index (χ0v) is 12.8. The summed E-state index contributed by atoms with van der Waals surface area (Å²) in [6.45, 7) is 0. The molecule has 0 amide bonds. The van der Waals surface area contributed by atoms with Crippen LogP contribution in [0, 0.1) is 5.82 Å². The van der Waals surface area contributed by atoms with Crippen molar-refractivity contribution < 1.29 is 40.0 Å². The van der Waals surface area contributed by atoms with Gasteiger partial charge in [0.1, 0.15) is 17.3 Å². The Balaban J connectivity index is 2.62. The molecule has 0 aliphatic carbocycles. The van der Waals surface area contributed by atoms with Gasteiger partial charge in [-0.3, -0.25) is 0 Å². The highest BCUT2D eigenvalue weighted by Gasteiger charge is 2.48. The number of benzene rings is 2. The molecule has 0 unspecified atom stereocenters. The highest BCUT2D eigenvalue weighted by atomic mass is 32.2. The summed E-state index contributed by atoms with van der Waals surface area (Å²) in [7, 11) is -4.70. The number of phenolic OH excluding ortho intramolecular Hbond substituents is 1. The number of rotatable bonds is 4. The Morgan fingerprint density at radius 3 is 2.29 bits per heavy atom. The van der Waals surface area contributed by atoms with Crippen molar-refractivity contribution in [1.82, 2.24) is 0 Å². The molecule has 0 aliphatic heterocycles. The maximum absolute atomic E-state index is 14.0. The van der Waals surface area contributed by atoms with Crippen LogP contribution in [0.1, 0.15) is 0 Å². The lowest BCUT2D eigenvalue weighted by Crippen LogP contribution is -2.28. The van der Waals surface area contributed by atoms with Crippen LogP contribution in [0.15, 0.2) is 36.4 Å². The van der Waals surface area contributed by atoms with Gasteiger partial charge in [-0.05, 0) is 30.3 Å². The van der Waals surface area contributed by atoms with Gasteiger partial charge in [0, 0.05) is 17.2 Å². The molecule has 1 N–H and O–H groups in total. The second-order valence-corrected chi connectivity index (χ2v) is 6.05. The first kappa shape index (κ1) is 17.9. The van der Waals surface area contributed by atoms with Crippen molar-refractivity contribution >= 4 is 10.1 Å². The summed E-state index contributed by atoms with van der Waals surface area (Å²) in [6.07, 6.45) is 0. The van der Waals surface area contributed by atoms with Crippen LogP contribution in [-0.2, 0) is 10.1 Å². The minimum Gasteiger partial charge on any atom is -0.508 e. The van der Waals surface area contributed by atoms with E-state index in [4.69, 9.17) is 4.74 Å². The molecule has 24 heavy (non-hydrogen) atoms. The third-order valence-electron chi connectivity index (χ3n) is 2.91. The first-order valence-electron chi connectivity index (χ1n) is 6.23. The number of hydrogen-bond donors (Lipinski definition) is 1. The predicted octanol–water partition coefficient (Wildman–Crippen LogP) is 3.44. The van der Waals surface area contributed by atoms with E-state index < -0.39 is 32.9 Å². The van der Waals surface area contributed by atoms with Gasteiger partial charge in [-0.1, -0.05) is 0 Å². The second kappa shape index (κ2) is 6.19. The van der Waals surface area contributed by atoms with Crippen LogP contribution in [-0.4, -0.2) is 26.1 Å². The van der Waals surface area contributed by atoms with E-state index in [1.165, 1.54) is 13.2 Å². The maximum Gasteiger partial charge on any atom is 0.534 e. The van der Waals surface area contributed by atoms with Crippen LogP contribution in [0.5, 0.6) is 17.2 Å². The summed E-state index contributed by atoms with van der Waals surface area (Å²) in [4.78, 5) is 0. The van der Waals surface area contributed by atoms with Gasteiger partial charge in [0.25, 0.3) is 0 Å². The molecule has 0 aromatic heterocycles. The molecule has 0 fully saturated rings. The fourth-order valence-corrected chi connectivity index (χ4v) is 2.27. The molecule has 0 heterocycles. The van der Waals surface area contributed by atoms with Crippen molar-refractivity contribution in [3.05, 3.63) is 42.2 Å². The zero-order chi connectivity index (χ0) is 18.1. The number of hydrogen-bond acceptors (Lipinski definition) is 5. The molecule has 0 saturated carbocycles. The Labute approximate surface area is 134 Å². The molecule has 0 atom stereocenters. The van der Waals surface area contributed by atoms with Gasteiger partial charge in [0.15, 0.2) is 5.75 Å². The summed E-state index contributed by atoms with van der Waals surface area (Å²) in [5.74, 6) is -2.10. The fourth-order valence-electron chi connectivity index (χ4n) is 1.81. The van der Waals surface area contributed by atoms with Crippen LogP contribution in [0.2, 0.25) is 0 Å². The van der Waals surface area contributed by atoms with E-state index in [1.807, 2.05) is 0 Å². The quantitative estimate of drug-likeness (QED) is 0.510. The number of ether oxygens (including phenoxy) is 1. The van der Waals surface area contributed by atoms with Gasteiger partial charge in [-0.2, -0.15) is 21.6 Å². The molecule has 2 rings (SSSR count). The SMILES string of the molecule is COc1ccc(F)c(-c2ccc(O)cc2OS(=O)(=O)C(F)(F)F)c1. The Bertz CT molecular complexity index is 862. The molecule has 0 spiro atoms. The summed E-state index contributed by atoms with van der Waals surface area (Å²) in [6, 6.07) is 6.11. The van der Waals surface area contributed by atoms with Crippen molar-refractivity contribution in [2.45, 2.75) is 5.51 Å². The van der Waals surface area contributed by atoms with E-state index >= 15 is 0 Å². The van der Waals surface area contributed by atoms with Crippen molar-refractivity contribution in [1.29, 1.82) is 0 Å². The van der Waals surface area contributed by atoms with Crippen LogP contribution >= 0.6 is 0 Å². The van der Waals surface area contributed by atoms with E-state index in [0.29, 0.717) is 6.07 Å². The monoisotopic (exact) mass is 366 g/mol. The molecule has 5 nitrogen and oxygen atoms in total. The van der Waals surface area contributed by atoms with Crippen molar-refractivity contribution in [3.63, 3.8) is 0 Å². The Morgan fingerprint density at radius 1 is 1.04 bits per heavy atom. The maximum atomic E-state index is 14.0. The minimum atomic E-state index is -5.99. The highest BCUT2D eigenvalue weighted by Crippen LogP contribution is 2.38. The molecule has 0 aliphatic rings. The van der Waals surface area contributed by atoms with E-state index in [9.17, 15) is 31.1 Å². The lowest BCUT2D eigenvalue weighted by molar-refractivity contribution is -0.0499. The van der Waals surface area contributed by atoms with Crippen LogP contribution in [0.4, 0.5) is 17.6 Å². The van der Waals surface area contributed by atoms with Gasteiger partial charge in [-0.25, -0.2) is 4.39 Å². The Morgan fingerprint density at radius 2 is 1.71 bits per heavy atom. The van der Waals surface area contributed by atoms with Crippen molar-refractivity contribution in [3.8, 4) is 28.4 Å². The molecular formula is C14H10F4O5S. The molecular weight excluding hydrogens is 356 g/mol. The largest absolute Gasteiger partial charge is 0.534 e. The average molecular weight is 366 g/mol. The third-order valence-corrected chi connectivity index (χ3v) is 3.88. The molecule has 0 saturated heterocycles. The smallest absolute Gasteiger partial charge is 0.508 e. The highest BCUT2D eigenvalue weighted by molar-refractivity contribution is 7.88. The molecule has 10 heteroatoms. The summed E-state index contributed by atoms with van der Waals surface area (Å²) >= 11 is 0. The zero-order valence-electron chi connectivity index (χ0n) is 12.0. The van der Waals surface area contributed by atoms with Crippen molar-refractivity contribution in [2.24, 2.45) is 0 Å². The molecule has 2 aromatic carbocycles. The minimum absolute atomic E-state index is 0.184. The fraction of sp³-hybridized carbons (Fsp3) is 0.143. The van der Waals surface area contributed by atoms with Gasteiger partial charge >= 0.3 is 15.6 Å². The van der Waals surface area contributed by atoms with Gasteiger partial charge < -0.3 is 14.0 Å². The lowest BCUT2D eigenvalue weighted by Gasteiger charge is -2.14. The van der Waals surface area contributed by atoms with E-state index in [2.05, 4.69) is 4.18 Å². The van der Waals surface area contributed by atoms with Crippen LogP contribution in [0.25, 0.3) is 11.1 Å². The van der Waals surface area contributed by atoms with Crippen molar-refractivity contribution in [2.75, 3.05) is 7.11 Å². The summed E-state index contributed by atoms with van der Waals surface area (Å²) in [5, 5.41) is 9.38. The standard InChI is InChI=1S/C14H10F4O5S/c1-22-9-3-5-12(15)11(7-9)10-4-2-8(19)6-13(10)23-24(20,21)14(16,17)18/h2-7,19H,1H3. The molecule has 2 aromatic rings. The molecule has 0 bridgehead atoms. The predicted molar refractivity (Wildman–Crippen MR) is 75.7 cm³/mol. The normalized spacial score (nSPS) is 12.0. The third kappa shape index (κ3) is 3.53. The lowest BCUT2D eigenvalue weighted by atomic mass is 10.0.